The molecule has 6 N–H and O–H groups in total. The number of imidazole rings is 2. The predicted octanol–water partition coefficient (Wildman–Crippen LogP) is 0.390. The molecule has 2 fully saturated rings. The van der Waals surface area contributed by atoms with Gasteiger partial charge in [-0.25, -0.2) is 29.9 Å². The minimum atomic E-state index is -3.78. The fourth-order valence-electron chi connectivity index (χ4n) is 4.97. The molecule has 0 saturated carbocycles. The van der Waals surface area contributed by atoms with Gasteiger partial charge in [0, 0.05) is 19.5 Å². The van der Waals surface area contributed by atoms with Crippen molar-refractivity contribution in [3.63, 3.8) is 0 Å². The summed E-state index contributed by atoms with van der Waals surface area (Å²) in [6, 6.07) is 0. The lowest BCUT2D eigenvalue weighted by atomic mass is 10.2. The summed E-state index contributed by atoms with van der Waals surface area (Å²) in [7, 11) is -7.05. The van der Waals surface area contributed by atoms with Crippen LogP contribution < -0.4 is 11.5 Å². The van der Waals surface area contributed by atoms with Crippen LogP contribution in [-0.2, 0) is 32.2 Å². The highest BCUT2D eigenvalue weighted by molar-refractivity contribution is 7.53. The Bertz CT molecular complexity index is 1670. The number of hydrogen-bond donors (Lipinski definition) is 4. The van der Waals surface area contributed by atoms with Crippen molar-refractivity contribution in [3.05, 3.63) is 25.3 Å². The SMILES string of the molecule is C[P@](=O)(OC[C@H]1O[C@@H](n2cnc3c(N)ncnc32)C[C@@H]1O)O[C@H]1C[C@H](n2cnc3c(N)ncnc32)O[C@@H]1CO[PH](=O)O. The van der Waals surface area contributed by atoms with Crippen LogP contribution in [0.3, 0.4) is 0 Å². The van der Waals surface area contributed by atoms with Gasteiger partial charge < -0.3 is 44.5 Å². The Kier molecular flexibility index (Phi) is 7.95. The lowest BCUT2D eigenvalue weighted by Gasteiger charge is -2.24. The van der Waals surface area contributed by atoms with Gasteiger partial charge in [0.25, 0.3) is 0 Å². The van der Waals surface area contributed by atoms with Gasteiger partial charge in [0.1, 0.15) is 48.4 Å². The first-order valence-corrected chi connectivity index (χ1v) is 16.0. The molecule has 0 bridgehead atoms. The van der Waals surface area contributed by atoms with Crippen molar-refractivity contribution in [3.8, 4) is 0 Å². The molecule has 2 saturated heterocycles. The van der Waals surface area contributed by atoms with E-state index in [-0.39, 0.29) is 37.7 Å². The van der Waals surface area contributed by atoms with Crippen LogP contribution in [0.4, 0.5) is 11.6 Å². The Hall–Kier alpha value is -3.12. The maximum atomic E-state index is 13.4. The number of nitrogen functional groups attached to an aromatic ring is 2. The molecule has 42 heavy (non-hydrogen) atoms. The third-order valence-corrected chi connectivity index (χ3v) is 8.64. The first-order valence-electron chi connectivity index (χ1n) is 12.7. The van der Waals surface area contributed by atoms with Crippen LogP contribution in [-0.4, -0.2) is 93.3 Å². The summed E-state index contributed by atoms with van der Waals surface area (Å²) in [6.45, 7) is 0.716. The molecule has 1 unspecified atom stereocenters. The predicted molar refractivity (Wildman–Crippen MR) is 144 cm³/mol. The number of fused-ring (bicyclic) bond motifs is 2. The van der Waals surface area contributed by atoms with E-state index in [0.717, 1.165) is 0 Å². The van der Waals surface area contributed by atoms with E-state index < -0.39 is 52.7 Å². The van der Waals surface area contributed by atoms with Crippen molar-refractivity contribution in [2.45, 2.75) is 49.7 Å². The average Bonchev–Trinajstić information content (AvgIpc) is 3.72. The summed E-state index contributed by atoms with van der Waals surface area (Å²) in [5.74, 6) is 0.403. The van der Waals surface area contributed by atoms with Crippen LogP contribution in [0.25, 0.3) is 22.3 Å². The number of rotatable bonds is 10. The fourth-order valence-corrected chi connectivity index (χ4v) is 6.47. The van der Waals surface area contributed by atoms with Crippen molar-refractivity contribution < 1.29 is 42.2 Å². The number of anilines is 2. The molecule has 8 atom stereocenters. The molecule has 0 amide bonds. The zero-order chi connectivity index (χ0) is 29.6. The summed E-state index contributed by atoms with van der Waals surface area (Å²) in [5.41, 5.74) is 13.4. The lowest BCUT2D eigenvalue weighted by Crippen LogP contribution is -2.29. The monoisotopic (exact) mass is 626 g/mol. The second-order valence-corrected chi connectivity index (χ2v) is 12.6. The molecule has 4 aromatic rings. The number of nitrogens with zero attached hydrogens (tertiary/aromatic N) is 8. The quantitative estimate of drug-likeness (QED) is 0.173. The van der Waals surface area contributed by atoms with Gasteiger partial charge in [0.15, 0.2) is 22.9 Å². The van der Waals surface area contributed by atoms with Crippen molar-refractivity contribution in [1.82, 2.24) is 39.0 Å². The van der Waals surface area contributed by atoms with Crippen LogP contribution in [0.2, 0.25) is 0 Å². The van der Waals surface area contributed by atoms with E-state index in [1.54, 1.807) is 9.13 Å². The number of nitrogens with two attached hydrogens (primary N) is 2. The average molecular weight is 626 g/mol. The summed E-state index contributed by atoms with van der Waals surface area (Å²) in [5, 5.41) is 10.6. The highest BCUT2D eigenvalue weighted by Gasteiger charge is 2.43. The number of hydrogen-bond acceptors (Lipinski definition) is 16. The van der Waals surface area contributed by atoms with Gasteiger partial charge in [-0.05, 0) is 0 Å². The largest absolute Gasteiger partial charge is 0.390 e. The van der Waals surface area contributed by atoms with Crippen LogP contribution in [0.15, 0.2) is 25.3 Å². The minimum Gasteiger partial charge on any atom is -0.390 e. The molecule has 6 heterocycles. The minimum absolute atomic E-state index is 0.153. The first kappa shape index (κ1) is 29.0. The highest BCUT2D eigenvalue weighted by Crippen LogP contribution is 2.50. The van der Waals surface area contributed by atoms with Crippen LogP contribution in [0.5, 0.6) is 0 Å². The maximum Gasteiger partial charge on any atom is 0.328 e. The standard InChI is InChI=1S/C21H28N10O9P2/c1-42(35,37-5-12-10(32)2-14(38-12)30-8-28-16-18(22)24-6-26-20(16)30)40-11-3-15(39-13(11)4-36-41(33)34)31-9-29-17-19(23)25-7-27-21(17)31/h6-15,32,41H,2-5H2,1H3,(H,33,34)(H2,22,24,26)(H2,23,25,27)/t10-,11-,12+,13+,14+,15+,42-/m0/s1. The second kappa shape index (κ2) is 11.5. The molecule has 2 aliphatic heterocycles. The Morgan fingerprint density at radius 3 is 2.12 bits per heavy atom. The molecular weight excluding hydrogens is 598 g/mol. The van der Waals surface area contributed by atoms with E-state index in [1.165, 1.54) is 32.0 Å². The van der Waals surface area contributed by atoms with E-state index in [0.29, 0.717) is 22.3 Å². The van der Waals surface area contributed by atoms with Crippen LogP contribution >= 0.6 is 15.9 Å². The maximum absolute atomic E-state index is 13.4. The zero-order valence-corrected chi connectivity index (χ0v) is 23.9. The van der Waals surface area contributed by atoms with E-state index in [2.05, 4.69) is 29.9 Å². The molecule has 6 rings (SSSR count). The van der Waals surface area contributed by atoms with Gasteiger partial charge in [-0.15, -0.1) is 0 Å². The van der Waals surface area contributed by atoms with Crippen molar-refractivity contribution in [2.24, 2.45) is 0 Å². The van der Waals surface area contributed by atoms with Gasteiger partial charge in [0.05, 0.1) is 38.1 Å². The second-order valence-electron chi connectivity index (χ2n) is 9.75. The topological polar surface area (TPSA) is 260 Å². The van der Waals surface area contributed by atoms with Gasteiger partial charge in [-0.1, -0.05) is 0 Å². The highest BCUT2D eigenvalue weighted by atomic mass is 31.2. The molecule has 0 spiro atoms. The smallest absolute Gasteiger partial charge is 0.328 e. The van der Waals surface area contributed by atoms with Crippen molar-refractivity contribution in [1.29, 1.82) is 0 Å². The molecule has 21 heteroatoms. The van der Waals surface area contributed by atoms with Crippen molar-refractivity contribution >= 4 is 49.8 Å². The lowest BCUT2D eigenvalue weighted by molar-refractivity contribution is -0.0476. The molecule has 2 aliphatic rings. The Morgan fingerprint density at radius 1 is 0.952 bits per heavy atom. The van der Waals surface area contributed by atoms with Gasteiger partial charge in [-0.3, -0.25) is 18.3 Å². The van der Waals surface area contributed by atoms with Gasteiger partial charge in [0.2, 0.25) is 0 Å². The normalized spacial score (nSPS) is 28.5. The van der Waals surface area contributed by atoms with Crippen molar-refractivity contribution in [2.75, 3.05) is 31.3 Å². The molecular formula is C21H28N10O9P2. The molecule has 0 radical (unpaired) electrons. The number of aliphatic hydroxyl groups excluding tert-OH is 1. The molecule has 4 aromatic heterocycles. The Morgan fingerprint density at radius 2 is 1.52 bits per heavy atom. The van der Waals surface area contributed by atoms with E-state index in [1.807, 2.05) is 0 Å². The van der Waals surface area contributed by atoms with Crippen LogP contribution in [0, 0.1) is 0 Å². The Balaban J connectivity index is 1.12. The third kappa shape index (κ3) is 5.75. The molecule has 226 valence electrons. The molecule has 0 aromatic carbocycles. The molecule has 19 nitrogen and oxygen atoms in total. The number of aliphatic hydroxyl groups is 1. The summed E-state index contributed by atoms with van der Waals surface area (Å²) < 4.78 is 56.2. The summed E-state index contributed by atoms with van der Waals surface area (Å²) in [4.78, 5) is 33.9. The molecule has 0 aliphatic carbocycles. The van der Waals surface area contributed by atoms with E-state index in [9.17, 15) is 19.1 Å². The fraction of sp³-hybridized carbons (Fsp3) is 0.524. The van der Waals surface area contributed by atoms with E-state index in [4.69, 9.17) is 34.5 Å². The number of aromatic nitrogens is 8. The number of ether oxygens (including phenoxy) is 2. The Labute approximate surface area is 237 Å². The van der Waals surface area contributed by atoms with Gasteiger partial charge in [-0.2, -0.15) is 0 Å². The first-order chi connectivity index (χ1) is 20.1. The summed E-state index contributed by atoms with van der Waals surface area (Å²) >= 11 is 0. The third-order valence-electron chi connectivity index (χ3n) is 6.95. The zero-order valence-electron chi connectivity index (χ0n) is 22.0. The summed E-state index contributed by atoms with van der Waals surface area (Å²) in [6.07, 6.45) is 1.05. The van der Waals surface area contributed by atoms with E-state index >= 15 is 0 Å². The van der Waals surface area contributed by atoms with Gasteiger partial charge >= 0.3 is 15.9 Å². The van der Waals surface area contributed by atoms with Crippen LogP contribution in [0.1, 0.15) is 25.3 Å².